The highest BCUT2D eigenvalue weighted by atomic mass is 19.1. The second kappa shape index (κ2) is 10.0. The van der Waals surface area contributed by atoms with Crippen LogP contribution < -0.4 is 10.6 Å². The predicted molar refractivity (Wildman–Crippen MR) is 107 cm³/mol. The van der Waals surface area contributed by atoms with Crippen molar-refractivity contribution in [3.63, 3.8) is 0 Å². The van der Waals surface area contributed by atoms with Gasteiger partial charge in [0.25, 0.3) is 0 Å². The molecule has 150 valence electrons. The minimum atomic E-state index is -0.198. The van der Waals surface area contributed by atoms with Gasteiger partial charge in [0.05, 0.1) is 19.3 Å². The summed E-state index contributed by atoms with van der Waals surface area (Å²) in [5.41, 5.74) is 1.12. The number of rotatable bonds is 5. The summed E-state index contributed by atoms with van der Waals surface area (Å²) in [5.74, 6) is 1.49. The first-order chi connectivity index (χ1) is 13.2. The van der Waals surface area contributed by atoms with Crippen LogP contribution >= 0.6 is 0 Å². The highest BCUT2D eigenvalue weighted by Gasteiger charge is 2.24. The van der Waals surface area contributed by atoms with Gasteiger partial charge in [-0.15, -0.1) is 0 Å². The van der Waals surface area contributed by atoms with Gasteiger partial charge < -0.3 is 15.4 Å². The summed E-state index contributed by atoms with van der Waals surface area (Å²) in [4.78, 5) is 6.82. The summed E-state index contributed by atoms with van der Waals surface area (Å²) < 4.78 is 18.9. The Bertz CT molecular complexity index is 593. The van der Waals surface area contributed by atoms with Crippen LogP contribution in [-0.4, -0.2) is 56.8 Å². The second-order valence-corrected chi connectivity index (χ2v) is 7.77. The number of benzene rings is 1. The Labute approximate surface area is 162 Å². The van der Waals surface area contributed by atoms with Crippen LogP contribution in [0.4, 0.5) is 4.39 Å². The molecule has 0 amide bonds. The molecular weight excluding hydrogens is 343 g/mol. The van der Waals surface area contributed by atoms with Gasteiger partial charge in [-0.25, -0.2) is 4.39 Å². The lowest BCUT2D eigenvalue weighted by Crippen LogP contribution is -2.48. The molecule has 0 spiro atoms. The fourth-order valence-electron chi connectivity index (χ4n) is 4.02. The first kappa shape index (κ1) is 20.1. The van der Waals surface area contributed by atoms with Gasteiger partial charge in [0.1, 0.15) is 5.82 Å². The van der Waals surface area contributed by atoms with Gasteiger partial charge in [-0.1, -0.05) is 19.1 Å². The van der Waals surface area contributed by atoms with Crippen LogP contribution in [0.2, 0.25) is 0 Å². The summed E-state index contributed by atoms with van der Waals surface area (Å²) in [6, 6.07) is 7.52. The van der Waals surface area contributed by atoms with Gasteiger partial charge in [-0.2, -0.15) is 0 Å². The molecule has 1 aliphatic heterocycles. The minimum Gasteiger partial charge on any atom is -0.379 e. The second-order valence-electron chi connectivity index (χ2n) is 7.77. The average Bonchev–Trinajstić information content (AvgIpc) is 2.71. The number of hydrogen-bond acceptors (Lipinski definition) is 3. The van der Waals surface area contributed by atoms with Crippen LogP contribution in [0.5, 0.6) is 0 Å². The zero-order valence-electron chi connectivity index (χ0n) is 16.6. The third kappa shape index (κ3) is 5.91. The lowest BCUT2D eigenvalue weighted by molar-refractivity contribution is 0.0169. The molecule has 2 fully saturated rings. The maximum Gasteiger partial charge on any atom is 0.191 e. The van der Waals surface area contributed by atoms with Crippen LogP contribution in [0.3, 0.4) is 0 Å². The Morgan fingerprint density at radius 3 is 2.48 bits per heavy atom. The molecule has 27 heavy (non-hydrogen) atoms. The average molecular weight is 377 g/mol. The summed E-state index contributed by atoms with van der Waals surface area (Å²) >= 11 is 0. The molecule has 0 radical (unpaired) electrons. The zero-order chi connectivity index (χ0) is 19.1. The van der Waals surface area contributed by atoms with Crippen LogP contribution in [0, 0.1) is 11.7 Å². The van der Waals surface area contributed by atoms with Crippen molar-refractivity contribution in [3.05, 3.63) is 35.6 Å². The van der Waals surface area contributed by atoms with Crippen molar-refractivity contribution < 1.29 is 9.13 Å². The first-order valence-corrected chi connectivity index (χ1v) is 10.2. The van der Waals surface area contributed by atoms with E-state index < -0.39 is 0 Å². The highest BCUT2D eigenvalue weighted by Crippen LogP contribution is 2.24. The van der Waals surface area contributed by atoms with E-state index in [-0.39, 0.29) is 11.9 Å². The number of nitrogens with one attached hydrogen (secondary N) is 2. The van der Waals surface area contributed by atoms with E-state index in [2.05, 4.69) is 27.4 Å². The van der Waals surface area contributed by atoms with Crippen molar-refractivity contribution in [2.24, 2.45) is 10.9 Å². The van der Waals surface area contributed by atoms with Crippen molar-refractivity contribution in [3.8, 4) is 0 Å². The Kier molecular flexibility index (Phi) is 7.47. The van der Waals surface area contributed by atoms with E-state index in [4.69, 9.17) is 4.74 Å². The van der Waals surface area contributed by atoms with Gasteiger partial charge in [-0.3, -0.25) is 9.89 Å². The monoisotopic (exact) mass is 376 g/mol. The van der Waals surface area contributed by atoms with Crippen molar-refractivity contribution in [2.75, 3.05) is 39.9 Å². The molecule has 1 aliphatic carbocycles. The number of nitrogens with zero attached hydrogens (tertiary/aromatic N) is 2. The van der Waals surface area contributed by atoms with Crippen molar-refractivity contribution >= 4 is 5.96 Å². The molecule has 1 saturated heterocycles. The van der Waals surface area contributed by atoms with Crippen LogP contribution in [0.25, 0.3) is 0 Å². The molecule has 1 atom stereocenters. The molecule has 3 rings (SSSR count). The molecule has 0 aromatic heterocycles. The fourth-order valence-corrected chi connectivity index (χ4v) is 4.02. The van der Waals surface area contributed by atoms with E-state index >= 15 is 0 Å². The Hall–Kier alpha value is -1.66. The maximum absolute atomic E-state index is 13.4. The zero-order valence-corrected chi connectivity index (χ0v) is 16.6. The minimum absolute atomic E-state index is 0.166. The van der Waals surface area contributed by atoms with E-state index in [0.717, 1.165) is 50.3 Å². The van der Waals surface area contributed by atoms with E-state index in [1.807, 2.05) is 19.2 Å². The molecule has 1 saturated carbocycles. The Morgan fingerprint density at radius 2 is 1.85 bits per heavy atom. The number of morpholine rings is 1. The molecular formula is C21H33FN4O. The van der Waals surface area contributed by atoms with Crippen LogP contribution in [0.15, 0.2) is 29.3 Å². The lowest BCUT2D eigenvalue weighted by atomic mass is 9.87. The number of halogens is 1. The van der Waals surface area contributed by atoms with Gasteiger partial charge in [-0.05, 0) is 49.3 Å². The number of ether oxygens (including phenoxy) is 1. The third-order valence-corrected chi connectivity index (χ3v) is 5.78. The summed E-state index contributed by atoms with van der Waals surface area (Å²) in [6.45, 7) is 6.32. The lowest BCUT2D eigenvalue weighted by Gasteiger charge is -2.35. The molecule has 0 bridgehead atoms. The number of aliphatic imine (C=N–C) groups is 1. The summed E-state index contributed by atoms with van der Waals surface area (Å²) in [6.07, 6.45) is 4.96. The van der Waals surface area contributed by atoms with E-state index in [1.165, 1.54) is 25.7 Å². The van der Waals surface area contributed by atoms with Crippen molar-refractivity contribution in [1.82, 2.24) is 15.5 Å². The molecule has 1 aromatic carbocycles. The maximum atomic E-state index is 13.4. The SMILES string of the molecule is CN=C(NCC(c1ccc(F)cc1)N1CCOCC1)NC1CCC(C)CC1. The fraction of sp³-hybridized carbons (Fsp3) is 0.667. The van der Waals surface area contributed by atoms with Crippen LogP contribution in [0.1, 0.15) is 44.2 Å². The van der Waals surface area contributed by atoms with Gasteiger partial charge in [0.2, 0.25) is 0 Å². The van der Waals surface area contributed by atoms with Crippen molar-refractivity contribution in [1.29, 1.82) is 0 Å². The molecule has 1 heterocycles. The first-order valence-electron chi connectivity index (χ1n) is 10.2. The van der Waals surface area contributed by atoms with Crippen molar-refractivity contribution in [2.45, 2.75) is 44.7 Å². The quantitative estimate of drug-likeness (QED) is 0.613. The largest absolute Gasteiger partial charge is 0.379 e. The van der Waals surface area contributed by atoms with Gasteiger partial charge in [0, 0.05) is 32.7 Å². The van der Waals surface area contributed by atoms with E-state index in [9.17, 15) is 4.39 Å². The Balaban J connectivity index is 1.61. The molecule has 1 unspecified atom stereocenters. The highest BCUT2D eigenvalue weighted by molar-refractivity contribution is 5.80. The standard InChI is InChI=1S/C21H33FN4O/c1-16-3-9-19(10-4-16)25-21(23-2)24-15-20(26-11-13-27-14-12-26)17-5-7-18(22)8-6-17/h5-8,16,19-20H,3-4,9-15H2,1-2H3,(H2,23,24,25). The topological polar surface area (TPSA) is 48.9 Å². The van der Waals surface area contributed by atoms with Gasteiger partial charge in [0.15, 0.2) is 5.96 Å². The molecule has 6 heteroatoms. The third-order valence-electron chi connectivity index (χ3n) is 5.78. The van der Waals surface area contributed by atoms with Crippen LogP contribution in [-0.2, 0) is 4.74 Å². The van der Waals surface area contributed by atoms with Gasteiger partial charge >= 0.3 is 0 Å². The summed E-state index contributed by atoms with van der Waals surface area (Å²) in [7, 11) is 1.82. The number of guanidine groups is 1. The van der Waals surface area contributed by atoms with E-state index in [0.29, 0.717) is 6.04 Å². The molecule has 5 nitrogen and oxygen atoms in total. The number of hydrogen-bond donors (Lipinski definition) is 2. The van der Waals surface area contributed by atoms with E-state index in [1.54, 1.807) is 12.1 Å². The Morgan fingerprint density at radius 1 is 1.19 bits per heavy atom. The molecule has 2 aliphatic rings. The predicted octanol–water partition coefficient (Wildman–Crippen LogP) is 2.94. The summed E-state index contributed by atoms with van der Waals surface area (Å²) in [5, 5.41) is 7.08. The normalized spacial score (nSPS) is 25.8. The molecule has 1 aromatic rings. The molecule has 2 N–H and O–H groups in total. The smallest absolute Gasteiger partial charge is 0.191 e.